The van der Waals surface area contributed by atoms with Crippen LogP contribution in [-0.2, 0) is 14.8 Å². The Kier molecular flexibility index (Phi) is 6.46. The number of allylic oxidation sites excluding steroid dienone is 1. The number of hydrogen-bond acceptors (Lipinski definition) is 3. The maximum absolute atomic E-state index is 12.8. The largest absolute Gasteiger partial charge is 0.342 e. The van der Waals surface area contributed by atoms with Crippen LogP contribution in [0.3, 0.4) is 0 Å². The molecule has 0 N–H and O–H groups in total. The van der Waals surface area contributed by atoms with Crippen LogP contribution in [0, 0.1) is 17.8 Å². The number of hydrogen-bond donors (Lipinski definition) is 0. The summed E-state index contributed by atoms with van der Waals surface area (Å²) in [5, 5.41) is 0. The lowest BCUT2D eigenvalue weighted by atomic mass is 9.75. The summed E-state index contributed by atoms with van der Waals surface area (Å²) in [5.74, 6) is 2.36. The first-order valence-electron chi connectivity index (χ1n) is 11.5. The van der Waals surface area contributed by atoms with E-state index in [0.29, 0.717) is 37.8 Å². The highest BCUT2D eigenvalue weighted by Crippen LogP contribution is 2.36. The highest BCUT2D eigenvalue weighted by atomic mass is 32.2. The molecule has 0 radical (unpaired) electrons. The van der Waals surface area contributed by atoms with Crippen molar-refractivity contribution in [3.05, 3.63) is 11.6 Å². The van der Waals surface area contributed by atoms with E-state index in [1.807, 2.05) is 4.90 Å². The maximum atomic E-state index is 12.8. The van der Waals surface area contributed by atoms with E-state index in [2.05, 4.69) is 6.08 Å². The van der Waals surface area contributed by atoms with E-state index in [0.717, 1.165) is 38.3 Å². The number of likely N-dealkylation sites (tertiary alicyclic amines) is 1. The first-order chi connectivity index (χ1) is 13.5. The van der Waals surface area contributed by atoms with Gasteiger partial charge in [0.05, 0.1) is 5.75 Å². The molecule has 2 aliphatic carbocycles. The number of rotatable bonds is 5. The monoisotopic (exact) mass is 408 g/mol. The molecule has 2 heterocycles. The second-order valence-corrected chi connectivity index (χ2v) is 11.5. The number of piperidine rings is 2. The molecule has 2 saturated heterocycles. The fraction of sp³-hybridized carbons (Fsp3) is 0.864. The van der Waals surface area contributed by atoms with E-state index >= 15 is 0 Å². The molecule has 0 bridgehead atoms. The van der Waals surface area contributed by atoms with Gasteiger partial charge in [0.25, 0.3) is 0 Å². The van der Waals surface area contributed by atoms with Gasteiger partial charge in [-0.25, -0.2) is 8.42 Å². The molecule has 28 heavy (non-hydrogen) atoms. The summed E-state index contributed by atoms with van der Waals surface area (Å²) >= 11 is 0. The fourth-order valence-electron chi connectivity index (χ4n) is 5.87. The van der Waals surface area contributed by atoms with Gasteiger partial charge in [0.2, 0.25) is 15.9 Å². The Bertz CT molecular complexity index is 703. The molecule has 3 atom stereocenters. The first-order valence-corrected chi connectivity index (χ1v) is 13.1. The van der Waals surface area contributed by atoms with Crippen molar-refractivity contribution in [1.82, 2.24) is 9.21 Å². The van der Waals surface area contributed by atoms with E-state index in [1.54, 1.807) is 4.31 Å². The van der Waals surface area contributed by atoms with Gasteiger partial charge in [0.15, 0.2) is 0 Å². The third-order valence-corrected chi connectivity index (χ3v) is 9.51. The molecule has 0 aromatic heterocycles. The Morgan fingerprint density at radius 1 is 1.00 bits per heavy atom. The Morgan fingerprint density at radius 2 is 1.82 bits per heavy atom. The first kappa shape index (κ1) is 20.4. The van der Waals surface area contributed by atoms with E-state index in [1.165, 1.54) is 44.1 Å². The lowest BCUT2D eigenvalue weighted by molar-refractivity contribution is -0.134. The van der Waals surface area contributed by atoms with Crippen molar-refractivity contribution in [2.75, 3.05) is 31.9 Å². The highest BCUT2D eigenvalue weighted by molar-refractivity contribution is 7.89. The smallest absolute Gasteiger partial charge is 0.222 e. The van der Waals surface area contributed by atoms with Gasteiger partial charge < -0.3 is 4.90 Å². The molecule has 0 aromatic carbocycles. The number of fused-ring (bicyclic) bond motifs is 2. The molecule has 0 aromatic rings. The minimum atomic E-state index is -3.26. The number of amides is 1. The number of sulfonamides is 1. The summed E-state index contributed by atoms with van der Waals surface area (Å²) in [6, 6.07) is 0. The predicted molar refractivity (Wildman–Crippen MR) is 111 cm³/mol. The summed E-state index contributed by atoms with van der Waals surface area (Å²) < 4.78 is 27.2. The lowest BCUT2D eigenvalue weighted by Crippen LogP contribution is -2.45. The Morgan fingerprint density at radius 3 is 2.68 bits per heavy atom. The van der Waals surface area contributed by atoms with Crippen molar-refractivity contribution in [1.29, 1.82) is 0 Å². The predicted octanol–water partition coefficient (Wildman–Crippen LogP) is 3.57. The maximum Gasteiger partial charge on any atom is 0.222 e. The fourth-order valence-corrected chi connectivity index (χ4v) is 7.36. The average molecular weight is 409 g/mol. The van der Waals surface area contributed by atoms with Crippen molar-refractivity contribution < 1.29 is 13.2 Å². The Labute approximate surface area is 170 Å². The van der Waals surface area contributed by atoms with E-state index in [9.17, 15) is 13.2 Å². The zero-order valence-electron chi connectivity index (χ0n) is 17.2. The molecular weight excluding hydrogens is 372 g/mol. The van der Waals surface area contributed by atoms with Crippen LogP contribution in [0.5, 0.6) is 0 Å². The van der Waals surface area contributed by atoms with Gasteiger partial charge in [-0.3, -0.25) is 4.79 Å². The summed E-state index contributed by atoms with van der Waals surface area (Å²) in [6.45, 7) is 3.00. The second kappa shape index (κ2) is 8.86. The Balaban J connectivity index is 1.24. The molecular formula is C22H36N2O3S. The second-order valence-electron chi connectivity index (χ2n) is 9.38. The minimum Gasteiger partial charge on any atom is -0.342 e. The van der Waals surface area contributed by atoms with Crippen LogP contribution in [0.15, 0.2) is 11.6 Å². The van der Waals surface area contributed by atoms with Gasteiger partial charge in [0.1, 0.15) is 0 Å². The van der Waals surface area contributed by atoms with Crippen LogP contribution in [0.2, 0.25) is 0 Å². The van der Waals surface area contributed by atoms with Crippen molar-refractivity contribution in [2.24, 2.45) is 17.8 Å². The third kappa shape index (κ3) is 4.64. The van der Waals surface area contributed by atoms with Gasteiger partial charge in [-0.15, -0.1) is 0 Å². The standard InChI is InChI=1S/C22H36N2O3S/c25-22(23-13-11-18-6-1-3-8-20(18)16-23)10-5-15-28(26,27)24-14-12-19-7-2-4-9-21(19)17-24/h9,18-20H,1-8,10-17H2. The SMILES string of the molecule is O=C(CCCS(=O)(=O)N1CCC2CCCC=C2C1)N1CCC2CCCCC2C1. The summed E-state index contributed by atoms with van der Waals surface area (Å²) in [6.07, 6.45) is 14.0. The molecule has 3 fully saturated rings. The quantitative estimate of drug-likeness (QED) is 0.654. The molecule has 0 spiro atoms. The number of carbonyl (C=O) groups excluding carboxylic acids is 1. The average Bonchev–Trinajstić information content (AvgIpc) is 2.72. The molecule has 4 aliphatic rings. The summed E-state index contributed by atoms with van der Waals surface area (Å²) in [4.78, 5) is 14.6. The van der Waals surface area contributed by atoms with Gasteiger partial charge in [-0.2, -0.15) is 4.31 Å². The van der Waals surface area contributed by atoms with Crippen LogP contribution in [-0.4, -0.2) is 55.5 Å². The Hall–Kier alpha value is -0.880. The van der Waals surface area contributed by atoms with Gasteiger partial charge in [-0.05, 0) is 62.7 Å². The van der Waals surface area contributed by atoms with Crippen molar-refractivity contribution in [3.63, 3.8) is 0 Å². The van der Waals surface area contributed by atoms with Gasteiger partial charge in [-0.1, -0.05) is 30.9 Å². The van der Waals surface area contributed by atoms with E-state index in [-0.39, 0.29) is 11.7 Å². The molecule has 6 heteroatoms. The molecule has 5 nitrogen and oxygen atoms in total. The minimum absolute atomic E-state index is 0.108. The zero-order valence-corrected chi connectivity index (χ0v) is 18.0. The summed E-state index contributed by atoms with van der Waals surface area (Å²) in [7, 11) is -3.26. The molecule has 3 unspecified atom stereocenters. The van der Waals surface area contributed by atoms with Crippen molar-refractivity contribution in [2.45, 2.75) is 70.6 Å². The molecule has 1 amide bonds. The van der Waals surface area contributed by atoms with Crippen LogP contribution < -0.4 is 0 Å². The van der Waals surface area contributed by atoms with Gasteiger partial charge in [0, 0.05) is 32.6 Å². The molecule has 2 aliphatic heterocycles. The van der Waals surface area contributed by atoms with Crippen LogP contribution in [0.1, 0.15) is 70.6 Å². The van der Waals surface area contributed by atoms with Crippen molar-refractivity contribution in [3.8, 4) is 0 Å². The van der Waals surface area contributed by atoms with E-state index < -0.39 is 10.0 Å². The molecule has 158 valence electrons. The molecule has 1 saturated carbocycles. The highest BCUT2D eigenvalue weighted by Gasteiger charge is 2.34. The topological polar surface area (TPSA) is 57.7 Å². The van der Waals surface area contributed by atoms with E-state index in [4.69, 9.17) is 0 Å². The normalized spacial score (nSPS) is 31.6. The number of carbonyl (C=O) groups is 1. The van der Waals surface area contributed by atoms with Crippen LogP contribution in [0.4, 0.5) is 0 Å². The third-order valence-electron chi connectivity index (χ3n) is 7.60. The van der Waals surface area contributed by atoms with Crippen LogP contribution >= 0.6 is 0 Å². The molecule has 4 rings (SSSR count). The van der Waals surface area contributed by atoms with Gasteiger partial charge >= 0.3 is 0 Å². The number of nitrogens with zero attached hydrogens (tertiary/aromatic N) is 2. The summed E-state index contributed by atoms with van der Waals surface area (Å²) in [5.41, 5.74) is 1.33. The zero-order chi connectivity index (χ0) is 19.6. The van der Waals surface area contributed by atoms with Crippen LogP contribution in [0.25, 0.3) is 0 Å². The lowest BCUT2D eigenvalue weighted by Gasteiger charge is -2.41. The van der Waals surface area contributed by atoms with Crippen molar-refractivity contribution >= 4 is 15.9 Å².